The quantitative estimate of drug-likeness (QED) is 0.656. The number of aliphatic hydroxyl groups is 1. The summed E-state index contributed by atoms with van der Waals surface area (Å²) in [5.74, 6) is 0. The fourth-order valence-electron chi connectivity index (χ4n) is 2.65. The Morgan fingerprint density at radius 1 is 0.935 bits per heavy atom. The van der Waals surface area contributed by atoms with Crippen molar-refractivity contribution in [2.45, 2.75) is 71.8 Å². The number of ether oxygens (including phenoxy) is 1. The second kappa shape index (κ2) is 9.43. The van der Waals surface area contributed by atoms with Crippen molar-refractivity contribution in [1.29, 1.82) is 0 Å². The minimum Gasteiger partial charge on any atom is -0.443 e. The zero-order valence-electron chi connectivity index (χ0n) is 19.5. The first-order chi connectivity index (χ1) is 14.2. The molecule has 0 saturated carbocycles. The number of hydrogen-bond acceptors (Lipinski definition) is 5. The number of carbonyl (C=O) groups excluding carboxylic acids is 1. The Kier molecular flexibility index (Phi) is 7.58. The molecule has 1 amide bonds. The highest BCUT2D eigenvalue weighted by molar-refractivity contribution is 6.60. The van der Waals surface area contributed by atoms with Crippen LogP contribution in [0.3, 0.4) is 0 Å². The summed E-state index contributed by atoms with van der Waals surface area (Å²) in [6, 6.07) is 16.5. The van der Waals surface area contributed by atoms with Crippen LogP contribution in [0.2, 0.25) is 0 Å². The summed E-state index contributed by atoms with van der Waals surface area (Å²) < 4.78 is 11.3. The van der Waals surface area contributed by atoms with Gasteiger partial charge in [0, 0.05) is 5.69 Å². The Morgan fingerprint density at radius 2 is 1.48 bits per heavy atom. The normalized spacial score (nSPS) is 12.4. The highest BCUT2D eigenvalue weighted by atomic mass is 16.6. The number of nitrogens with zero attached hydrogens (tertiary/aromatic N) is 1. The fraction of sp³-hybridized carbons (Fsp3) is 0.458. The molecule has 0 atom stereocenters. The topological polar surface area (TPSA) is 79.2 Å². The third kappa shape index (κ3) is 7.09. The summed E-state index contributed by atoms with van der Waals surface area (Å²) in [4.78, 5) is 14.4. The Labute approximate surface area is 185 Å². The first-order valence-corrected chi connectivity index (χ1v) is 10.4. The summed E-state index contributed by atoms with van der Waals surface area (Å²) in [7, 11) is -1.19. The Balaban J connectivity index is 2.18. The van der Waals surface area contributed by atoms with Crippen molar-refractivity contribution in [3.8, 4) is 0 Å². The van der Waals surface area contributed by atoms with Gasteiger partial charge in [-0.2, -0.15) is 0 Å². The van der Waals surface area contributed by atoms with Crippen LogP contribution in [-0.4, -0.2) is 40.1 Å². The third-order valence-electron chi connectivity index (χ3n) is 5.17. The second-order valence-electron chi connectivity index (χ2n) is 9.68. The van der Waals surface area contributed by atoms with Gasteiger partial charge in [0.15, 0.2) is 0 Å². The summed E-state index contributed by atoms with van der Waals surface area (Å²) >= 11 is 0. The Bertz CT molecular complexity index is 854. The highest BCUT2D eigenvalue weighted by Gasteiger charge is 2.39. The Hall–Kier alpha value is -2.35. The number of amides is 1. The van der Waals surface area contributed by atoms with E-state index >= 15 is 0 Å². The van der Waals surface area contributed by atoms with Crippen molar-refractivity contribution in [3.63, 3.8) is 0 Å². The van der Waals surface area contributed by atoms with Crippen LogP contribution in [0.4, 0.5) is 10.5 Å². The van der Waals surface area contributed by atoms with Crippen LogP contribution in [-0.2, 0) is 15.9 Å². The molecule has 7 heteroatoms. The van der Waals surface area contributed by atoms with Crippen LogP contribution in [0, 0.1) is 0 Å². The summed E-state index contributed by atoms with van der Waals surface area (Å²) in [6.45, 7) is 12.5. The van der Waals surface area contributed by atoms with Gasteiger partial charge in [0.2, 0.25) is 0 Å². The monoisotopic (exact) mass is 427 g/mol. The Morgan fingerprint density at radius 3 is 1.97 bits per heavy atom. The molecule has 0 aliphatic heterocycles. The number of rotatable bonds is 7. The molecule has 2 aromatic rings. The predicted molar refractivity (Wildman–Crippen MR) is 124 cm³/mol. The molecule has 0 heterocycles. The van der Waals surface area contributed by atoms with Gasteiger partial charge in [0.1, 0.15) is 5.60 Å². The number of carbonyl (C=O) groups is 1. The third-order valence-corrected chi connectivity index (χ3v) is 5.17. The van der Waals surface area contributed by atoms with E-state index in [0.717, 1.165) is 11.3 Å². The van der Waals surface area contributed by atoms with Crippen molar-refractivity contribution in [3.05, 3.63) is 60.2 Å². The van der Waals surface area contributed by atoms with Crippen molar-refractivity contribution >= 4 is 24.4 Å². The van der Waals surface area contributed by atoms with Gasteiger partial charge in [0.05, 0.1) is 17.7 Å². The van der Waals surface area contributed by atoms with E-state index < -0.39 is 30.0 Å². The number of benzene rings is 2. The zero-order valence-corrected chi connectivity index (χ0v) is 19.5. The van der Waals surface area contributed by atoms with Crippen LogP contribution < -0.4 is 10.4 Å². The summed E-state index contributed by atoms with van der Waals surface area (Å²) in [5.41, 5.74) is -0.528. The molecule has 0 aliphatic rings. The lowest BCUT2D eigenvalue weighted by Gasteiger charge is -2.38. The average Bonchev–Trinajstić information content (AvgIpc) is 2.64. The average molecular weight is 427 g/mol. The lowest BCUT2D eigenvalue weighted by atomic mass is 9.76. The molecule has 2 aromatic carbocycles. The largest absolute Gasteiger partial charge is 0.491 e. The molecule has 0 aliphatic carbocycles. The van der Waals surface area contributed by atoms with Gasteiger partial charge in [-0.3, -0.25) is 4.90 Å². The molecule has 2 rings (SSSR count). The predicted octanol–water partition coefficient (Wildman–Crippen LogP) is 3.88. The molecular weight excluding hydrogens is 393 g/mol. The van der Waals surface area contributed by atoms with Crippen LogP contribution in [0.25, 0.3) is 0 Å². The van der Waals surface area contributed by atoms with Gasteiger partial charge in [-0.05, 0) is 71.6 Å². The molecule has 0 radical (unpaired) electrons. The second-order valence-corrected chi connectivity index (χ2v) is 9.68. The van der Waals surface area contributed by atoms with E-state index in [-0.39, 0.29) is 0 Å². The van der Waals surface area contributed by atoms with E-state index in [1.54, 1.807) is 44.7 Å². The first-order valence-electron chi connectivity index (χ1n) is 10.4. The maximum atomic E-state index is 12.8. The fourth-order valence-corrected chi connectivity index (χ4v) is 2.65. The highest BCUT2D eigenvalue weighted by Crippen LogP contribution is 2.25. The van der Waals surface area contributed by atoms with Gasteiger partial charge < -0.3 is 19.5 Å². The van der Waals surface area contributed by atoms with Gasteiger partial charge >= 0.3 is 13.2 Å². The molecular formula is C24H34BNO5. The van der Waals surface area contributed by atoms with E-state index in [1.807, 2.05) is 63.2 Å². The molecule has 0 saturated heterocycles. The van der Waals surface area contributed by atoms with Crippen molar-refractivity contribution in [2.24, 2.45) is 0 Å². The van der Waals surface area contributed by atoms with E-state index in [4.69, 9.17) is 9.39 Å². The first kappa shape index (κ1) is 24.9. The number of anilines is 1. The molecule has 0 fully saturated rings. The molecule has 0 unspecified atom stereocenters. The molecule has 0 bridgehead atoms. The smallest absolute Gasteiger partial charge is 0.443 e. The van der Waals surface area contributed by atoms with Crippen molar-refractivity contribution in [2.75, 3.05) is 4.90 Å². The van der Waals surface area contributed by atoms with Gasteiger partial charge in [-0.25, -0.2) is 4.79 Å². The van der Waals surface area contributed by atoms with Crippen LogP contribution in [0.5, 0.6) is 0 Å². The molecule has 6 nitrogen and oxygen atoms in total. The molecule has 0 spiro atoms. The van der Waals surface area contributed by atoms with E-state index in [0.29, 0.717) is 12.0 Å². The van der Waals surface area contributed by atoms with E-state index in [2.05, 4.69) is 0 Å². The lowest BCUT2D eigenvalue weighted by molar-refractivity contribution is -0.0982. The minimum absolute atomic E-state index is 0.311. The van der Waals surface area contributed by atoms with E-state index in [1.165, 1.54) is 0 Å². The maximum absolute atomic E-state index is 12.8. The summed E-state index contributed by atoms with van der Waals surface area (Å²) in [5, 5.41) is 20.7. The number of hydrogen-bond donors (Lipinski definition) is 2. The van der Waals surface area contributed by atoms with Crippen LogP contribution in [0.1, 0.15) is 54.0 Å². The van der Waals surface area contributed by atoms with Crippen molar-refractivity contribution in [1.82, 2.24) is 0 Å². The van der Waals surface area contributed by atoms with Crippen LogP contribution >= 0.6 is 0 Å². The van der Waals surface area contributed by atoms with Gasteiger partial charge in [0.25, 0.3) is 0 Å². The van der Waals surface area contributed by atoms with Gasteiger partial charge in [-0.1, -0.05) is 42.5 Å². The zero-order chi connectivity index (χ0) is 23.4. The standard InChI is InChI=1S/C24H34BNO5/c1-22(2,3)30-21(27)26(20-11-9-8-10-12-20)17-18-13-15-19(16-14-18)25(29)31-24(6,7)23(4,5)28/h8-16,28-29H,17H2,1-7H3. The van der Waals surface area contributed by atoms with Gasteiger partial charge in [-0.15, -0.1) is 0 Å². The minimum atomic E-state index is -1.19. The van der Waals surface area contributed by atoms with Crippen LogP contribution in [0.15, 0.2) is 54.6 Å². The molecule has 2 N–H and O–H groups in total. The molecule has 168 valence electrons. The van der Waals surface area contributed by atoms with Crippen molar-refractivity contribution < 1.29 is 24.3 Å². The molecule has 0 aromatic heterocycles. The molecule has 31 heavy (non-hydrogen) atoms. The maximum Gasteiger partial charge on any atom is 0.491 e. The lowest BCUT2D eigenvalue weighted by Crippen LogP contribution is -2.53. The number of para-hydroxylation sites is 1. The summed E-state index contributed by atoms with van der Waals surface area (Å²) in [6.07, 6.45) is -0.432. The van der Waals surface area contributed by atoms with E-state index in [9.17, 15) is 14.9 Å². The SMILES string of the molecule is CC(C)(C)OC(=O)N(Cc1ccc(B(O)OC(C)(C)C(C)(C)O)cc1)c1ccccc1.